The molecule has 3 nitrogen and oxygen atoms in total. The summed E-state index contributed by atoms with van der Waals surface area (Å²) in [6, 6.07) is 20.2. The number of aryl methyl sites for hydroxylation is 2. The first-order chi connectivity index (χ1) is 13.2. The highest BCUT2D eigenvalue weighted by molar-refractivity contribution is 5.96. The van der Waals surface area contributed by atoms with Crippen LogP contribution in [-0.4, -0.2) is 12.0 Å². The Morgan fingerprint density at radius 3 is 2.19 bits per heavy atom. The van der Waals surface area contributed by atoms with Crippen LogP contribution in [0.2, 0.25) is 0 Å². The molecule has 0 saturated carbocycles. The minimum absolute atomic E-state index is 0.0963. The number of nitrogens with one attached hydrogen (secondary N) is 1. The van der Waals surface area contributed by atoms with Crippen molar-refractivity contribution in [1.29, 1.82) is 0 Å². The Morgan fingerprint density at radius 1 is 0.889 bits per heavy atom. The van der Waals surface area contributed by atoms with E-state index in [1.165, 1.54) is 0 Å². The lowest BCUT2D eigenvalue weighted by Gasteiger charge is -2.21. The molecule has 3 heteroatoms. The zero-order chi connectivity index (χ0) is 19.2. The minimum atomic E-state index is -0.537. The molecule has 0 aliphatic carbocycles. The Hall–Kier alpha value is -2.81. The number of para-hydroxylation sites is 1. The molecule has 0 bridgehead atoms. The highest BCUT2D eigenvalue weighted by Gasteiger charge is 2.21. The van der Waals surface area contributed by atoms with E-state index in [1.54, 1.807) is 0 Å². The molecule has 140 valence electrons. The molecule has 3 aromatic carbocycles. The predicted octanol–water partition coefficient (Wildman–Crippen LogP) is 5.76. The summed E-state index contributed by atoms with van der Waals surface area (Å²) < 4.78 is 6.15. The Balaban J connectivity index is 1.85. The lowest BCUT2D eigenvalue weighted by Crippen LogP contribution is -2.33. The van der Waals surface area contributed by atoms with Crippen molar-refractivity contribution in [2.45, 2.75) is 46.1 Å². The van der Waals surface area contributed by atoms with Crippen molar-refractivity contribution < 1.29 is 9.53 Å². The first-order valence-corrected chi connectivity index (χ1v) is 9.73. The molecule has 1 amide bonds. The molecule has 3 aromatic rings. The molecule has 0 aromatic heterocycles. The topological polar surface area (TPSA) is 38.3 Å². The van der Waals surface area contributed by atoms with E-state index in [0.29, 0.717) is 6.42 Å². The fourth-order valence-electron chi connectivity index (χ4n) is 3.38. The number of carbonyl (C=O) groups excluding carboxylic acids is 1. The van der Waals surface area contributed by atoms with E-state index in [9.17, 15) is 4.79 Å². The van der Waals surface area contributed by atoms with Crippen LogP contribution >= 0.6 is 0 Å². The number of anilines is 1. The van der Waals surface area contributed by atoms with Crippen LogP contribution in [0.25, 0.3) is 10.8 Å². The summed E-state index contributed by atoms with van der Waals surface area (Å²) in [4.78, 5) is 13.0. The molecule has 3 rings (SSSR count). The van der Waals surface area contributed by atoms with Crippen LogP contribution in [0.1, 0.15) is 38.3 Å². The Labute approximate surface area is 161 Å². The molecule has 0 radical (unpaired) electrons. The lowest BCUT2D eigenvalue weighted by molar-refractivity contribution is -0.122. The third-order valence-electron chi connectivity index (χ3n) is 4.93. The van der Waals surface area contributed by atoms with Crippen LogP contribution in [-0.2, 0) is 17.6 Å². The fraction of sp³-hybridized carbons (Fsp3) is 0.292. The fourth-order valence-corrected chi connectivity index (χ4v) is 3.38. The molecular weight excluding hydrogens is 334 g/mol. The SMILES string of the molecule is CCc1cccc(CC)c1NC(=O)[C@H](CC)Oc1cccc2ccccc12. The molecule has 0 heterocycles. The molecule has 1 N–H and O–H groups in total. The van der Waals surface area contributed by atoms with E-state index in [2.05, 4.69) is 37.4 Å². The summed E-state index contributed by atoms with van der Waals surface area (Å²) >= 11 is 0. The average Bonchev–Trinajstić information content (AvgIpc) is 2.72. The number of amides is 1. The van der Waals surface area contributed by atoms with Crippen molar-refractivity contribution >= 4 is 22.4 Å². The van der Waals surface area contributed by atoms with E-state index < -0.39 is 6.10 Å². The first-order valence-electron chi connectivity index (χ1n) is 9.73. The predicted molar refractivity (Wildman–Crippen MR) is 112 cm³/mol. The average molecular weight is 361 g/mol. The van der Waals surface area contributed by atoms with Gasteiger partial charge in [-0.05, 0) is 41.8 Å². The third kappa shape index (κ3) is 4.13. The van der Waals surface area contributed by atoms with Gasteiger partial charge in [-0.2, -0.15) is 0 Å². The summed E-state index contributed by atoms with van der Waals surface area (Å²) in [7, 11) is 0. The number of fused-ring (bicyclic) bond motifs is 1. The van der Waals surface area contributed by atoms with Gasteiger partial charge in [-0.1, -0.05) is 75.4 Å². The molecule has 27 heavy (non-hydrogen) atoms. The van der Waals surface area contributed by atoms with E-state index in [4.69, 9.17) is 4.74 Å². The van der Waals surface area contributed by atoms with E-state index >= 15 is 0 Å². The highest BCUT2D eigenvalue weighted by atomic mass is 16.5. The number of carbonyl (C=O) groups is 1. The minimum Gasteiger partial charge on any atom is -0.480 e. The third-order valence-corrected chi connectivity index (χ3v) is 4.93. The summed E-state index contributed by atoms with van der Waals surface area (Å²) in [6.07, 6.45) is 1.82. The number of benzene rings is 3. The molecule has 1 atom stereocenters. The van der Waals surface area contributed by atoms with Gasteiger partial charge in [0, 0.05) is 11.1 Å². The van der Waals surface area contributed by atoms with Crippen LogP contribution in [0, 0.1) is 0 Å². The summed E-state index contributed by atoms with van der Waals surface area (Å²) in [6.45, 7) is 6.19. The van der Waals surface area contributed by atoms with Gasteiger partial charge in [0.1, 0.15) is 5.75 Å². The summed E-state index contributed by atoms with van der Waals surface area (Å²) in [5, 5.41) is 5.27. The monoisotopic (exact) mass is 361 g/mol. The zero-order valence-corrected chi connectivity index (χ0v) is 16.3. The van der Waals surface area contributed by atoms with Crippen molar-refractivity contribution in [3.8, 4) is 5.75 Å². The highest BCUT2D eigenvalue weighted by Crippen LogP contribution is 2.28. The van der Waals surface area contributed by atoms with E-state index in [1.807, 2.05) is 49.4 Å². The maximum atomic E-state index is 13.0. The normalized spacial score (nSPS) is 12.0. The van der Waals surface area contributed by atoms with Gasteiger partial charge in [0.15, 0.2) is 6.10 Å². The van der Waals surface area contributed by atoms with E-state index in [-0.39, 0.29) is 5.91 Å². The number of hydrogen-bond donors (Lipinski definition) is 1. The van der Waals surface area contributed by atoms with Gasteiger partial charge in [0.25, 0.3) is 5.91 Å². The smallest absolute Gasteiger partial charge is 0.265 e. The quantitative estimate of drug-likeness (QED) is 0.581. The van der Waals surface area contributed by atoms with Crippen molar-refractivity contribution in [3.05, 3.63) is 71.8 Å². The van der Waals surface area contributed by atoms with Crippen molar-refractivity contribution in [2.75, 3.05) is 5.32 Å². The zero-order valence-electron chi connectivity index (χ0n) is 16.3. The molecule has 0 saturated heterocycles. The standard InChI is InChI=1S/C24H27NO2/c1-4-17-12-9-13-18(5-2)23(17)25-24(26)21(6-3)27-22-16-10-14-19-11-7-8-15-20(19)22/h7-16,21H,4-6H2,1-3H3,(H,25,26)/t21-/m0/s1. The number of ether oxygens (including phenoxy) is 1. The van der Waals surface area contributed by atoms with Crippen LogP contribution in [0.15, 0.2) is 60.7 Å². The van der Waals surface area contributed by atoms with Crippen LogP contribution in [0.4, 0.5) is 5.69 Å². The van der Waals surface area contributed by atoms with Crippen molar-refractivity contribution in [1.82, 2.24) is 0 Å². The molecule has 0 fully saturated rings. The largest absolute Gasteiger partial charge is 0.480 e. The van der Waals surface area contributed by atoms with Gasteiger partial charge >= 0.3 is 0 Å². The van der Waals surface area contributed by atoms with Gasteiger partial charge in [-0.15, -0.1) is 0 Å². The molecule has 0 aliphatic rings. The van der Waals surface area contributed by atoms with Crippen molar-refractivity contribution in [3.63, 3.8) is 0 Å². The van der Waals surface area contributed by atoms with E-state index in [0.717, 1.165) is 46.2 Å². The first kappa shape index (κ1) is 19.0. The second kappa shape index (κ2) is 8.72. The second-order valence-corrected chi connectivity index (χ2v) is 6.64. The van der Waals surface area contributed by atoms with Gasteiger partial charge in [-0.3, -0.25) is 4.79 Å². The molecule has 0 unspecified atom stereocenters. The number of rotatable bonds is 7. The van der Waals surface area contributed by atoms with Gasteiger partial charge in [-0.25, -0.2) is 0 Å². The van der Waals surface area contributed by atoms with Gasteiger partial charge in [0.05, 0.1) is 0 Å². The van der Waals surface area contributed by atoms with Gasteiger partial charge < -0.3 is 10.1 Å². The number of hydrogen-bond acceptors (Lipinski definition) is 2. The molecule has 0 aliphatic heterocycles. The Morgan fingerprint density at radius 2 is 1.52 bits per heavy atom. The lowest BCUT2D eigenvalue weighted by atomic mass is 10.0. The van der Waals surface area contributed by atoms with Gasteiger partial charge in [0.2, 0.25) is 0 Å². The maximum absolute atomic E-state index is 13.0. The molecular formula is C24H27NO2. The van der Waals surface area contributed by atoms with Crippen LogP contribution in [0.3, 0.4) is 0 Å². The maximum Gasteiger partial charge on any atom is 0.265 e. The Kier molecular flexibility index (Phi) is 6.12. The summed E-state index contributed by atoms with van der Waals surface area (Å²) in [5.74, 6) is 0.649. The van der Waals surface area contributed by atoms with Crippen molar-refractivity contribution in [2.24, 2.45) is 0 Å². The Bertz CT molecular complexity index is 905. The van der Waals surface area contributed by atoms with Crippen LogP contribution in [0.5, 0.6) is 5.75 Å². The molecule has 0 spiro atoms. The summed E-state index contributed by atoms with van der Waals surface area (Å²) in [5.41, 5.74) is 3.25. The second-order valence-electron chi connectivity index (χ2n) is 6.64. The van der Waals surface area contributed by atoms with Crippen LogP contribution < -0.4 is 10.1 Å².